The van der Waals surface area contributed by atoms with Crippen LogP contribution in [0.3, 0.4) is 0 Å². The van der Waals surface area contributed by atoms with Crippen LogP contribution >= 0.6 is 0 Å². The van der Waals surface area contributed by atoms with Gasteiger partial charge in [-0.1, -0.05) is 0 Å². The summed E-state index contributed by atoms with van der Waals surface area (Å²) in [5, 5.41) is 0. The molecule has 216 valence electrons. The summed E-state index contributed by atoms with van der Waals surface area (Å²) in [4.78, 5) is 11.8. The molecule has 0 aromatic carbocycles. The fourth-order valence-electron chi connectivity index (χ4n) is 4.55. The third kappa shape index (κ3) is 11.2. The van der Waals surface area contributed by atoms with Crippen LogP contribution in [0.5, 0.6) is 0 Å². The van der Waals surface area contributed by atoms with E-state index in [1.165, 1.54) is 6.92 Å². The van der Waals surface area contributed by atoms with Crippen LogP contribution in [-0.2, 0) is 49.4 Å². The van der Waals surface area contributed by atoms with Crippen molar-refractivity contribution in [3.63, 3.8) is 0 Å². The number of carbonyl (C=O) groups is 1. The molecule has 0 unspecified atom stereocenters. The van der Waals surface area contributed by atoms with Crippen molar-refractivity contribution in [2.75, 3.05) is 70.6 Å². The first kappa shape index (κ1) is 35.8. The lowest BCUT2D eigenvalue weighted by molar-refractivity contribution is -0.145. The van der Waals surface area contributed by atoms with Crippen LogP contribution in [0.2, 0.25) is 18.1 Å². The molecule has 0 saturated carbocycles. The lowest BCUT2D eigenvalue weighted by Crippen LogP contribution is -2.44. The van der Waals surface area contributed by atoms with Gasteiger partial charge in [-0.3, -0.25) is 4.79 Å². The first-order valence-electron chi connectivity index (χ1n) is 12.2. The number of ether oxygens (including phenoxy) is 1. The summed E-state index contributed by atoms with van der Waals surface area (Å²) in [6, 6.07) is 1.95. The zero-order valence-corrected chi connectivity index (χ0v) is 27.1. The SMILES string of the molecule is CO[Si](CCCC(CCC[Si](OC)(OC)OC)(CCC[Si](OC)(OC)OC)COC(C)=O)(OC)OC. The Balaban J connectivity index is 5.80. The van der Waals surface area contributed by atoms with Gasteiger partial charge >= 0.3 is 32.4 Å². The topological polar surface area (TPSA) is 109 Å². The minimum Gasteiger partial charge on any atom is -0.465 e. The Kier molecular flexibility index (Phi) is 18.0. The normalized spacial score (nSPS) is 13.3. The summed E-state index contributed by atoms with van der Waals surface area (Å²) in [6.45, 7) is 1.73. The van der Waals surface area contributed by atoms with E-state index in [4.69, 9.17) is 44.6 Å². The van der Waals surface area contributed by atoms with Crippen LogP contribution in [0.1, 0.15) is 45.4 Å². The maximum Gasteiger partial charge on any atom is 0.500 e. The molecule has 0 aliphatic carbocycles. The summed E-state index contributed by atoms with van der Waals surface area (Å²) < 4.78 is 56.1. The van der Waals surface area contributed by atoms with Gasteiger partial charge in [0.25, 0.3) is 0 Å². The third-order valence-electron chi connectivity index (χ3n) is 6.95. The molecular formula is C22H50O11Si3. The van der Waals surface area contributed by atoms with Gasteiger partial charge in [0.15, 0.2) is 0 Å². The molecule has 0 aromatic rings. The third-order valence-corrected chi connectivity index (χ3v) is 15.4. The monoisotopic (exact) mass is 574 g/mol. The molecule has 0 aliphatic heterocycles. The van der Waals surface area contributed by atoms with E-state index in [9.17, 15) is 4.79 Å². The number of carbonyl (C=O) groups excluding carboxylic acids is 1. The highest BCUT2D eigenvalue weighted by Crippen LogP contribution is 2.40. The van der Waals surface area contributed by atoms with Crippen molar-refractivity contribution >= 4 is 32.4 Å². The van der Waals surface area contributed by atoms with Crippen LogP contribution < -0.4 is 0 Å². The van der Waals surface area contributed by atoms with Crippen molar-refractivity contribution in [3.8, 4) is 0 Å². The highest BCUT2D eigenvalue weighted by molar-refractivity contribution is 6.61. The summed E-state index contributed by atoms with van der Waals surface area (Å²) in [7, 11) is 6.30. The maximum absolute atomic E-state index is 11.8. The minimum absolute atomic E-state index is 0.298. The van der Waals surface area contributed by atoms with Crippen molar-refractivity contribution in [1.82, 2.24) is 0 Å². The molecular weight excluding hydrogens is 524 g/mol. The second-order valence-electron chi connectivity index (χ2n) is 8.73. The largest absolute Gasteiger partial charge is 0.500 e. The molecule has 0 saturated heterocycles. The van der Waals surface area contributed by atoms with Gasteiger partial charge in [0, 0.05) is 94.5 Å². The van der Waals surface area contributed by atoms with Crippen LogP contribution in [0.4, 0.5) is 0 Å². The molecule has 0 fully saturated rings. The van der Waals surface area contributed by atoms with Gasteiger partial charge in [0.05, 0.1) is 6.61 Å². The van der Waals surface area contributed by atoms with Crippen LogP contribution in [0.15, 0.2) is 0 Å². The van der Waals surface area contributed by atoms with Crippen LogP contribution in [0.25, 0.3) is 0 Å². The van der Waals surface area contributed by atoms with Gasteiger partial charge in [0.1, 0.15) is 0 Å². The molecule has 0 radical (unpaired) electrons. The Morgan fingerprint density at radius 1 is 0.528 bits per heavy atom. The predicted octanol–water partition coefficient (Wildman–Crippen LogP) is 3.51. The molecule has 0 spiro atoms. The van der Waals surface area contributed by atoms with Gasteiger partial charge in [-0.2, -0.15) is 0 Å². The smallest absolute Gasteiger partial charge is 0.465 e. The molecule has 0 amide bonds. The quantitative estimate of drug-likeness (QED) is 0.132. The first-order chi connectivity index (χ1) is 17.1. The molecule has 36 heavy (non-hydrogen) atoms. The van der Waals surface area contributed by atoms with E-state index < -0.39 is 26.4 Å². The van der Waals surface area contributed by atoms with Gasteiger partial charge in [-0.15, -0.1) is 0 Å². The van der Waals surface area contributed by atoms with E-state index in [1.54, 1.807) is 64.0 Å². The fourth-order valence-corrected chi connectivity index (χ4v) is 9.72. The number of rotatable bonds is 23. The summed E-state index contributed by atoms with van der Waals surface area (Å²) >= 11 is 0. The fraction of sp³-hybridized carbons (Fsp3) is 0.955. The lowest BCUT2D eigenvalue weighted by atomic mass is 9.76. The zero-order chi connectivity index (χ0) is 27.7. The molecule has 0 N–H and O–H groups in total. The zero-order valence-electron chi connectivity index (χ0n) is 24.1. The Morgan fingerprint density at radius 2 is 0.778 bits per heavy atom. The van der Waals surface area contributed by atoms with Crippen molar-refractivity contribution in [2.24, 2.45) is 5.41 Å². The number of hydrogen-bond donors (Lipinski definition) is 0. The standard InChI is InChI=1S/C22H50O11Si3/c1-21(23)33-20-22(14-11-17-34(24-2,25-3)26-4,15-12-18-35(27-5,28-6)29-7)16-13-19-36(30-8,31-9)32-10/h11-20H2,1-10H3. The number of hydrogen-bond acceptors (Lipinski definition) is 11. The van der Waals surface area contributed by atoms with Gasteiger partial charge < -0.3 is 44.6 Å². The van der Waals surface area contributed by atoms with Gasteiger partial charge in [-0.25, -0.2) is 0 Å². The molecule has 11 nitrogen and oxygen atoms in total. The van der Waals surface area contributed by atoms with E-state index in [1.807, 2.05) is 0 Å². The minimum atomic E-state index is -2.73. The number of esters is 1. The average Bonchev–Trinajstić information content (AvgIpc) is 2.91. The second kappa shape index (κ2) is 18.1. The highest BCUT2D eigenvalue weighted by Gasteiger charge is 2.43. The maximum atomic E-state index is 11.8. The average molecular weight is 575 g/mol. The van der Waals surface area contributed by atoms with Crippen molar-refractivity contribution in [1.29, 1.82) is 0 Å². The molecule has 14 heteroatoms. The molecule has 0 aliphatic rings. The van der Waals surface area contributed by atoms with E-state index >= 15 is 0 Å². The van der Waals surface area contributed by atoms with E-state index in [0.29, 0.717) is 24.7 Å². The summed E-state index contributed by atoms with van der Waals surface area (Å²) in [5.41, 5.74) is -0.300. The predicted molar refractivity (Wildman–Crippen MR) is 142 cm³/mol. The van der Waals surface area contributed by atoms with Gasteiger partial charge in [-0.05, 0) is 38.5 Å². The van der Waals surface area contributed by atoms with E-state index in [0.717, 1.165) is 38.5 Å². The molecule has 0 bridgehead atoms. The lowest BCUT2D eigenvalue weighted by Gasteiger charge is -2.36. The van der Waals surface area contributed by atoms with E-state index in [-0.39, 0.29) is 11.4 Å². The Hall–Kier alpha value is -0.239. The summed E-state index contributed by atoms with van der Waals surface area (Å²) in [6.07, 6.45) is 4.71. The molecule has 0 heterocycles. The van der Waals surface area contributed by atoms with Crippen LogP contribution in [-0.4, -0.2) is 103 Å². The Labute approximate surface area is 221 Å². The Morgan fingerprint density at radius 3 is 0.972 bits per heavy atom. The summed E-state index contributed by atoms with van der Waals surface area (Å²) in [5.74, 6) is -0.308. The van der Waals surface area contributed by atoms with Crippen LogP contribution in [0, 0.1) is 5.41 Å². The second-order valence-corrected chi connectivity index (χ2v) is 18.0. The van der Waals surface area contributed by atoms with Crippen molar-refractivity contribution in [2.45, 2.75) is 63.6 Å². The molecule has 0 atom stereocenters. The highest BCUT2D eigenvalue weighted by atomic mass is 28.4. The Bertz CT molecular complexity index is 496. The van der Waals surface area contributed by atoms with Crippen molar-refractivity contribution in [3.05, 3.63) is 0 Å². The van der Waals surface area contributed by atoms with Gasteiger partial charge in [0.2, 0.25) is 0 Å². The first-order valence-corrected chi connectivity index (χ1v) is 18.0. The van der Waals surface area contributed by atoms with E-state index in [2.05, 4.69) is 0 Å². The van der Waals surface area contributed by atoms with Crippen molar-refractivity contribution < 1.29 is 49.4 Å². The molecule has 0 aromatic heterocycles. The molecule has 0 rings (SSSR count).